The van der Waals surface area contributed by atoms with E-state index in [-0.39, 0.29) is 23.9 Å². The van der Waals surface area contributed by atoms with E-state index in [0.29, 0.717) is 53.5 Å². The molecule has 0 spiro atoms. The molecule has 2 atom stereocenters. The quantitative estimate of drug-likeness (QED) is 0.459. The monoisotopic (exact) mass is 583 g/mol. The topological polar surface area (TPSA) is 96.0 Å². The predicted molar refractivity (Wildman–Crippen MR) is 153 cm³/mol. The van der Waals surface area contributed by atoms with Gasteiger partial charge in [-0.05, 0) is 75.3 Å². The molecule has 3 heterocycles. The lowest BCUT2D eigenvalue weighted by Crippen LogP contribution is -2.42. The zero-order chi connectivity index (χ0) is 26.9. The fourth-order valence-electron chi connectivity index (χ4n) is 5.28. The highest BCUT2D eigenvalue weighted by atomic mass is 35.5. The number of hydrogen-bond donors (Lipinski definition) is 1. The second-order valence-corrected chi connectivity index (χ2v) is 13.5. The number of sulfonamides is 1. The molecule has 210 valence electrons. The Labute approximate surface area is 236 Å². The highest BCUT2D eigenvalue weighted by Gasteiger charge is 2.33. The van der Waals surface area contributed by atoms with Crippen molar-refractivity contribution in [2.24, 2.45) is 11.8 Å². The summed E-state index contributed by atoms with van der Waals surface area (Å²) in [5, 5.41) is 3.38. The summed E-state index contributed by atoms with van der Waals surface area (Å²) >= 11 is 1.41. The molecular formula is C27H38ClN3O5S2. The molecular weight excluding hydrogens is 546 g/mol. The number of esters is 1. The number of carbonyl (C=O) groups is 2. The first-order valence-corrected chi connectivity index (χ1v) is 15.2. The molecule has 11 heteroatoms. The van der Waals surface area contributed by atoms with Gasteiger partial charge in [-0.2, -0.15) is 4.31 Å². The number of carbonyl (C=O) groups excluding carboxylic acids is 2. The number of nitrogens with one attached hydrogen (secondary N) is 1. The van der Waals surface area contributed by atoms with Crippen LogP contribution in [0.2, 0.25) is 0 Å². The van der Waals surface area contributed by atoms with Gasteiger partial charge in [0.25, 0.3) is 5.91 Å². The number of fused-ring (bicyclic) bond motifs is 1. The first kappa shape index (κ1) is 30.6. The standard InChI is InChI=1S/C27H37N3O5S2.ClH/c1-6-35-27(32)24-22-11-12-29(17(2)3)16-23(22)36-26(24)28-25(31)20-7-9-21(10-8-20)37(33,34)30-14-18(4)13-19(5)15-30;/h7-10,17-19H,6,11-16H2,1-5H3,(H,28,31);1H. The maximum absolute atomic E-state index is 13.2. The first-order chi connectivity index (χ1) is 17.5. The van der Waals surface area contributed by atoms with Crippen LogP contribution in [0.3, 0.4) is 0 Å². The number of ether oxygens (including phenoxy) is 1. The average Bonchev–Trinajstić information content (AvgIpc) is 3.20. The Morgan fingerprint density at radius 1 is 1.13 bits per heavy atom. The van der Waals surface area contributed by atoms with E-state index in [1.54, 1.807) is 11.2 Å². The first-order valence-electron chi connectivity index (χ1n) is 13.0. The van der Waals surface area contributed by atoms with Gasteiger partial charge >= 0.3 is 5.97 Å². The molecule has 0 saturated carbocycles. The summed E-state index contributed by atoms with van der Waals surface area (Å²) in [4.78, 5) is 29.6. The van der Waals surface area contributed by atoms with E-state index in [1.807, 2.05) is 0 Å². The number of nitrogens with zero attached hydrogens (tertiary/aromatic N) is 2. The summed E-state index contributed by atoms with van der Waals surface area (Å²) in [6, 6.07) is 6.40. The van der Waals surface area contributed by atoms with Gasteiger partial charge in [-0.25, -0.2) is 13.2 Å². The van der Waals surface area contributed by atoms with Crippen LogP contribution < -0.4 is 5.32 Å². The van der Waals surface area contributed by atoms with Gasteiger partial charge in [-0.3, -0.25) is 9.69 Å². The summed E-state index contributed by atoms with van der Waals surface area (Å²) in [5.74, 6) is -0.212. The molecule has 4 rings (SSSR count). The molecule has 1 aromatic heterocycles. The molecule has 8 nitrogen and oxygen atoms in total. The van der Waals surface area contributed by atoms with E-state index in [9.17, 15) is 18.0 Å². The smallest absolute Gasteiger partial charge is 0.341 e. The van der Waals surface area contributed by atoms with Gasteiger partial charge < -0.3 is 10.1 Å². The molecule has 2 unspecified atom stereocenters. The summed E-state index contributed by atoms with van der Waals surface area (Å²) in [6.07, 6.45) is 1.73. The van der Waals surface area contributed by atoms with Crippen molar-refractivity contribution in [3.63, 3.8) is 0 Å². The molecule has 2 aliphatic rings. The highest BCUT2D eigenvalue weighted by molar-refractivity contribution is 7.89. The summed E-state index contributed by atoms with van der Waals surface area (Å²) in [7, 11) is -3.63. The molecule has 1 saturated heterocycles. The van der Waals surface area contributed by atoms with Crippen molar-refractivity contribution in [3.8, 4) is 0 Å². The van der Waals surface area contributed by atoms with Crippen molar-refractivity contribution in [2.45, 2.75) is 64.9 Å². The second kappa shape index (κ2) is 12.5. The molecule has 38 heavy (non-hydrogen) atoms. The average molecular weight is 584 g/mol. The van der Waals surface area contributed by atoms with Crippen LogP contribution in [0.1, 0.15) is 72.2 Å². The van der Waals surface area contributed by atoms with Crippen LogP contribution in [-0.4, -0.2) is 61.8 Å². The fraction of sp³-hybridized carbons (Fsp3) is 0.556. The summed E-state index contributed by atoms with van der Waals surface area (Å²) < 4.78 is 33.2. The molecule has 0 bridgehead atoms. The number of thiophene rings is 1. The summed E-state index contributed by atoms with van der Waals surface area (Å²) in [5.41, 5.74) is 1.71. The lowest BCUT2D eigenvalue weighted by Gasteiger charge is -2.34. The maximum Gasteiger partial charge on any atom is 0.341 e. The minimum absolute atomic E-state index is 0. The number of piperidine rings is 1. The molecule has 1 fully saturated rings. The predicted octanol–water partition coefficient (Wildman–Crippen LogP) is 5.03. The zero-order valence-electron chi connectivity index (χ0n) is 22.7. The van der Waals surface area contributed by atoms with Crippen LogP contribution in [0.15, 0.2) is 29.2 Å². The van der Waals surface area contributed by atoms with Crippen molar-refractivity contribution in [2.75, 3.05) is 31.6 Å². The third kappa shape index (κ3) is 6.42. The number of rotatable bonds is 7. The fourth-order valence-corrected chi connectivity index (χ4v) is 8.21. The molecule has 0 radical (unpaired) electrons. The highest BCUT2D eigenvalue weighted by Crippen LogP contribution is 2.38. The van der Waals surface area contributed by atoms with Gasteiger partial charge in [0.1, 0.15) is 5.00 Å². The molecule has 2 aromatic rings. The van der Waals surface area contributed by atoms with Crippen LogP contribution in [0.4, 0.5) is 5.00 Å². The minimum atomic E-state index is -3.63. The number of hydrogen-bond acceptors (Lipinski definition) is 7. The minimum Gasteiger partial charge on any atom is -0.462 e. The Morgan fingerprint density at radius 2 is 1.76 bits per heavy atom. The van der Waals surface area contributed by atoms with Gasteiger partial charge in [0, 0.05) is 42.7 Å². The van der Waals surface area contributed by atoms with E-state index in [4.69, 9.17) is 4.74 Å². The Bertz CT molecular complexity index is 1250. The maximum atomic E-state index is 13.2. The van der Waals surface area contributed by atoms with Crippen LogP contribution in [0, 0.1) is 11.8 Å². The van der Waals surface area contributed by atoms with E-state index in [1.165, 1.54) is 35.6 Å². The number of anilines is 1. The largest absolute Gasteiger partial charge is 0.462 e. The van der Waals surface area contributed by atoms with Crippen molar-refractivity contribution in [1.29, 1.82) is 0 Å². The third-order valence-electron chi connectivity index (χ3n) is 7.11. The van der Waals surface area contributed by atoms with Gasteiger partial charge in [0.2, 0.25) is 10.0 Å². The Morgan fingerprint density at radius 3 is 2.34 bits per heavy atom. The SMILES string of the molecule is CCOC(=O)c1c(NC(=O)c2ccc(S(=O)(=O)N3CC(C)CC(C)C3)cc2)sc2c1CCN(C(C)C)C2.Cl. The zero-order valence-corrected chi connectivity index (χ0v) is 25.1. The van der Waals surface area contributed by atoms with Crippen molar-refractivity contribution < 1.29 is 22.7 Å². The van der Waals surface area contributed by atoms with Crippen LogP contribution in [0.5, 0.6) is 0 Å². The second-order valence-electron chi connectivity index (χ2n) is 10.5. The van der Waals surface area contributed by atoms with Crippen LogP contribution in [-0.2, 0) is 27.7 Å². The van der Waals surface area contributed by atoms with Gasteiger partial charge in [0.15, 0.2) is 0 Å². The van der Waals surface area contributed by atoms with E-state index in [0.717, 1.165) is 30.0 Å². The van der Waals surface area contributed by atoms with Gasteiger partial charge in [-0.15, -0.1) is 23.7 Å². The molecule has 1 N–H and O–H groups in total. The Balaban J connectivity index is 0.00000400. The van der Waals surface area contributed by atoms with Crippen LogP contribution in [0.25, 0.3) is 0 Å². The summed E-state index contributed by atoms with van der Waals surface area (Å²) in [6.45, 7) is 13.0. The van der Waals surface area contributed by atoms with Crippen molar-refractivity contribution in [1.82, 2.24) is 9.21 Å². The van der Waals surface area contributed by atoms with Crippen molar-refractivity contribution >= 4 is 50.6 Å². The number of benzene rings is 1. The van der Waals surface area contributed by atoms with E-state index >= 15 is 0 Å². The molecule has 1 amide bonds. The van der Waals surface area contributed by atoms with Gasteiger partial charge in [-0.1, -0.05) is 13.8 Å². The lowest BCUT2D eigenvalue weighted by atomic mass is 9.94. The Kier molecular flexibility index (Phi) is 10.0. The van der Waals surface area contributed by atoms with E-state index < -0.39 is 21.9 Å². The molecule has 1 aromatic carbocycles. The Hall–Kier alpha value is -1.98. The number of amides is 1. The van der Waals surface area contributed by atoms with Gasteiger partial charge in [0.05, 0.1) is 17.1 Å². The van der Waals surface area contributed by atoms with E-state index in [2.05, 4.69) is 37.9 Å². The third-order valence-corrected chi connectivity index (χ3v) is 10.1. The lowest BCUT2D eigenvalue weighted by molar-refractivity contribution is 0.0526. The molecule has 2 aliphatic heterocycles. The normalized spacial score (nSPS) is 20.5. The van der Waals surface area contributed by atoms with Crippen LogP contribution >= 0.6 is 23.7 Å². The molecule has 0 aliphatic carbocycles. The van der Waals surface area contributed by atoms with Crippen molar-refractivity contribution in [3.05, 3.63) is 45.8 Å². The number of halogens is 1.